The minimum Gasteiger partial charge on any atom is -0.374 e. The quantitative estimate of drug-likeness (QED) is 0.0919. The summed E-state index contributed by atoms with van der Waals surface area (Å²) in [6.07, 6.45) is 9.35. The van der Waals surface area contributed by atoms with Crippen LogP contribution in [0.4, 0.5) is 22.7 Å². The molecule has 380 valence electrons. The lowest BCUT2D eigenvalue weighted by atomic mass is 9.89. The van der Waals surface area contributed by atoms with Gasteiger partial charge in [0.2, 0.25) is 29.4 Å². The number of likely N-dealkylation sites (N-methyl/N-ethyl adjacent to an activating group) is 2. The third kappa shape index (κ3) is 17.0. The van der Waals surface area contributed by atoms with E-state index in [0.717, 1.165) is 49.2 Å². The summed E-state index contributed by atoms with van der Waals surface area (Å²) < 4.78 is 0. The number of Topliss-reactive ketones (excluding diaryl/α,β-unsaturated/α-hetero) is 1. The fraction of sp³-hybridized carbons (Fsp3) is 0.412. The zero-order valence-corrected chi connectivity index (χ0v) is 41.9. The normalized spacial score (nSPS) is 18.0. The molecule has 0 radical (unpaired) electrons. The van der Waals surface area contributed by atoms with E-state index < -0.39 is 35.3 Å². The molecule has 2 aromatic carbocycles. The first-order valence-electron chi connectivity index (χ1n) is 23.4. The van der Waals surface area contributed by atoms with Crippen molar-refractivity contribution in [3.05, 3.63) is 108 Å². The van der Waals surface area contributed by atoms with Gasteiger partial charge in [-0.25, -0.2) is 0 Å². The zero-order valence-electron chi connectivity index (χ0n) is 41.9. The number of hydrogen-bond donors (Lipinski definition) is 7. The molecule has 2 saturated heterocycles. The van der Waals surface area contributed by atoms with Crippen LogP contribution in [0.5, 0.6) is 0 Å². The summed E-state index contributed by atoms with van der Waals surface area (Å²) in [5, 5.41) is 14.8. The number of ketones is 1. The number of amides is 7. The molecule has 6 rings (SSSR count). The Morgan fingerprint density at radius 1 is 0.620 bits per heavy atom. The van der Waals surface area contributed by atoms with Gasteiger partial charge in [0.15, 0.2) is 0 Å². The number of nitrogens with one attached hydrogen (secondary N) is 5. The van der Waals surface area contributed by atoms with E-state index in [-0.39, 0.29) is 58.4 Å². The summed E-state index contributed by atoms with van der Waals surface area (Å²) >= 11 is 0. The van der Waals surface area contributed by atoms with Crippen LogP contribution >= 0.6 is 0 Å². The van der Waals surface area contributed by atoms with Gasteiger partial charge in [0.1, 0.15) is 12.1 Å². The Bertz CT molecular complexity index is 2510. The van der Waals surface area contributed by atoms with E-state index in [4.69, 9.17) is 11.5 Å². The Hall–Kier alpha value is -7.74. The molecule has 2 fully saturated rings. The SMILES string of the molecule is CC(=O)C(=O)Nc1cncc(C(N)=O)c1.C[C@@H]1CC[C@@H](c2ccc(N[C@H](C)C(=O)N(C)C)cc2)NC1.C[C@H]1CC[C@H](c2ccc(N[C@H](C)C(=O)N(C)C)cc2)N(C(=O)C(=O)Nc2cncc(C(N)=O)c2)C1. The van der Waals surface area contributed by atoms with Crippen LogP contribution in [0, 0.1) is 11.8 Å². The monoisotopic (exact) mass is 977 g/mol. The average molecular weight is 977 g/mol. The lowest BCUT2D eigenvalue weighted by molar-refractivity contribution is -0.146. The summed E-state index contributed by atoms with van der Waals surface area (Å²) in [7, 11) is 6.97. The van der Waals surface area contributed by atoms with Crippen molar-refractivity contribution in [3.8, 4) is 0 Å². The predicted molar refractivity (Wildman–Crippen MR) is 272 cm³/mol. The number of aromatic nitrogens is 2. The van der Waals surface area contributed by atoms with Gasteiger partial charge in [-0.2, -0.15) is 0 Å². The van der Waals surface area contributed by atoms with E-state index in [1.54, 1.807) is 44.9 Å². The van der Waals surface area contributed by atoms with Crippen LogP contribution in [0.3, 0.4) is 0 Å². The second-order valence-corrected chi connectivity index (χ2v) is 18.4. The van der Waals surface area contributed by atoms with E-state index >= 15 is 0 Å². The Labute approximate surface area is 415 Å². The smallest absolute Gasteiger partial charge is 0.313 e. The summed E-state index contributed by atoms with van der Waals surface area (Å²) in [4.78, 5) is 106. The van der Waals surface area contributed by atoms with Crippen LogP contribution in [0.25, 0.3) is 0 Å². The predicted octanol–water partition coefficient (Wildman–Crippen LogP) is 4.35. The Morgan fingerprint density at radius 2 is 1.07 bits per heavy atom. The number of anilines is 4. The molecule has 9 N–H and O–H groups in total. The molecule has 2 aliphatic rings. The Balaban J connectivity index is 0.000000257. The summed E-state index contributed by atoms with van der Waals surface area (Å²) in [5.41, 5.74) is 15.1. The summed E-state index contributed by atoms with van der Waals surface area (Å²) in [5.74, 6) is -3.10. The van der Waals surface area contributed by atoms with Gasteiger partial charge in [0, 0.05) is 71.5 Å². The Kier molecular flexibility index (Phi) is 20.7. The van der Waals surface area contributed by atoms with E-state index in [1.165, 1.54) is 60.2 Å². The number of likely N-dealkylation sites (tertiary alicyclic amines) is 1. The highest BCUT2D eigenvalue weighted by Crippen LogP contribution is 2.34. The van der Waals surface area contributed by atoms with Gasteiger partial charge in [-0.15, -0.1) is 0 Å². The van der Waals surface area contributed by atoms with Crippen LogP contribution in [0.15, 0.2) is 85.5 Å². The van der Waals surface area contributed by atoms with Crippen molar-refractivity contribution in [3.63, 3.8) is 0 Å². The molecule has 6 atom stereocenters. The molecule has 0 spiro atoms. The van der Waals surface area contributed by atoms with Crippen LogP contribution in [-0.4, -0.2) is 125 Å². The minimum absolute atomic E-state index is 0.0327. The van der Waals surface area contributed by atoms with E-state index in [0.29, 0.717) is 12.6 Å². The molecule has 0 saturated carbocycles. The van der Waals surface area contributed by atoms with Crippen LogP contribution < -0.4 is 38.1 Å². The minimum atomic E-state index is -0.804. The lowest BCUT2D eigenvalue weighted by Gasteiger charge is -2.38. The van der Waals surface area contributed by atoms with Crippen LogP contribution in [0.2, 0.25) is 0 Å². The molecule has 2 aliphatic heterocycles. The Morgan fingerprint density at radius 3 is 1.49 bits per heavy atom. The second-order valence-electron chi connectivity index (χ2n) is 18.4. The first-order valence-corrected chi connectivity index (χ1v) is 23.4. The number of hydrogen-bond acceptors (Lipinski definition) is 13. The maximum absolute atomic E-state index is 13.1. The second kappa shape index (κ2) is 26.3. The van der Waals surface area contributed by atoms with Crippen molar-refractivity contribution in [1.82, 2.24) is 30.0 Å². The molecular formula is C51H68N12O8. The van der Waals surface area contributed by atoms with Crippen LogP contribution in [-0.2, 0) is 28.8 Å². The molecule has 7 amide bonds. The van der Waals surface area contributed by atoms with Crippen molar-refractivity contribution >= 4 is 69.9 Å². The molecule has 0 aliphatic carbocycles. The fourth-order valence-corrected chi connectivity index (χ4v) is 7.84. The zero-order chi connectivity index (χ0) is 52.5. The average Bonchev–Trinajstić information content (AvgIpc) is 3.34. The fourth-order valence-electron chi connectivity index (χ4n) is 7.84. The number of benzene rings is 2. The molecule has 0 bridgehead atoms. The number of rotatable bonds is 13. The van der Waals surface area contributed by atoms with Gasteiger partial charge in [-0.1, -0.05) is 38.1 Å². The molecule has 71 heavy (non-hydrogen) atoms. The maximum Gasteiger partial charge on any atom is 0.313 e. The molecule has 2 aromatic heterocycles. The number of piperidine rings is 2. The number of carbonyl (C=O) groups is 8. The summed E-state index contributed by atoms with van der Waals surface area (Å²) in [6, 6.07) is 18.4. The third-order valence-electron chi connectivity index (χ3n) is 11.8. The highest BCUT2D eigenvalue weighted by molar-refractivity contribution is 6.40. The first-order chi connectivity index (χ1) is 33.5. The molecule has 20 heteroatoms. The third-order valence-corrected chi connectivity index (χ3v) is 11.8. The highest BCUT2D eigenvalue weighted by atomic mass is 16.2. The molecule has 4 aromatic rings. The van der Waals surface area contributed by atoms with E-state index in [2.05, 4.69) is 67.7 Å². The number of nitrogens with two attached hydrogens (primary N) is 2. The molecule has 4 heterocycles. The van der Waals surface area contributed by atoms with Gasteiger partial charge < -0.3 is 52.8 Å². The molecule has 0 unspecified atom stereocenters. The van der Waals surface area contributed by atoms with Crippen molar-refractivity contribution in [2.24, 2.45) is 23.3 Å². The van der Waals surface area contributed by atoms with E-state index in [9.17, 15) is 38.4 Å². The number of carbonyl (C=O) groups excluding carboxylic acids is 8. The standard InChI is InChI=1S/C25H32N6O4.C17H27N3O.C9H9N3O3/c1-15-5-10-21(17-6-8-19(9-7-17)28-16(2)24(34)30(3)4)31(14-15)25(35)23(33)29-20-11-18(22(26)32)12-27-13-20;1-12-5-10-16(18-11-12)14-6-8-15(9-7-14)19-13(2)17(21)20(3)4;1-5(13)9(15)12-7-2-6(8(10)14)3-11-4-7/h6-9,11-13,15-16,21,28H,5,10,14H2,1-4H3,(H2,26,32)(H,29,33);6-9,12-13,16,18-19H,5,10-11H2,1-4H3;2-4H,1H3,(H2,10,14)(H,12,15)/t15-,16+,21+;12-,13-,16+;/m01./s1. The molecule has 20 nitrogen and oxygen atoms in total. The van der Waals surface area contributed by atoms with Crippen molar-refractivity contribution < 1.29 is 38.4 Å². The first kappa shape index (κ1) is 55.9. The van der Waals surface area contributed by atoms with Crippen molar-refractivity contribution in [2.75, 3.05) is 62.5 Å². The van der Waals surface area contributed by atoms with Crippen molar-refractivity contribution in [2.45, 2.75) is 84.5 Å². The number of pyridine rings is 2. The highest BCUT2D eigenvalue weighted by Gasteiger charge is 2.34. The lowest BCUT2D eigenvalue weighted by Crippen LogP contribution is -2.46. The summed E-state index contributed by atoms with van der Waals surface area (Å²) in [6.45, 7) is 10.7. The van der Waals surface area contributed by atoms with E-state index in [1.807, 2.05) is 38.1 Å². The van der Waals surface area contributed by atoms with Gasteiger partial charge in [0.25, 0.3) is 5.91 Å². The van der Waals surface area contributed by atoms with Gasteiger partial charge in [-0.05, 0) is 105 Å². The van der Waals surface area contributed by atoms with Crippen molar-refractivity contribution in [1.29, 1.82) is 0 Å². The van der Waals surface area contributed by atoms with Gasteiger partial charge >= 0.3 is 11.8 Å². The van der Waals surface area contributed by atoms with Gasteiger partial charge in [-0.3, -0.25) is 48.3 Å². The van der Waals surface area contributed by atoms with Gasteiger partial charge in [0.05, 0.1) is 40.9 Å². The van der Waals surface area contributed by atoms with Crippen LogP contribution in [0.1, 0.15) is 104 Å². The maximum atomic E-state index is 13.1. The number of nitrogens with zero attached hydrogens (tertiary/aromatic N) is 5. The topological polar surface area (TPSA) is 284 Å². The largest absolute Gasteiger partial charge is 0.374 e. The molecular weight excluding hydrogens is 909 g/mol. The number of primary amides is 2.